The van der Waals surface area contributed by atoms with Gasteiger partial charge < -0.3 is 52.6 Å². The fourth-order valence-electron chi connectivity index (χ4n) is 4.34. The molecule has 0 aliphatic heterocycles. The number of carbonyl (C=O) groups excluding carboxylic acids is 5. The molecule has 5 amide bonds. The summed E-state index contributed by atoms with van der Waals surface area (Å²) in [5.41, 5.74) is 5.99. The van der Waals surface area contributed by atoms with Crippen LogP contribution in [0.1, 0.15) is 66.0 Å². The van der Waals surface area contributed by atoms with Crippen LogP contribution in [0.3, 0.4) is 0 Å². The van der Waals surface area contributed by atoms with Gasteiger partial charge in [0.25, 0.3) is 0 Å². The number of hydrogen-bond donors (Lipinski definition) is 10. The summed E-state index contributed by atoms with van der Waals surface area (Å²) >= 11 is 0. The third-order valence-electron chi connectivity index (χ3n) is 6.78. The van der Waals surface area contributed by atoms with Gasteiger partial charge in [-0.25, -0.2) is 9.78 Å². The molecular formula is C29H48N8O10. The standard InChI is InChI=1S/C29H48N8O10/c1-14(2)8-19(34-25(42)18(6-7-23(39)40)33-24(41)16(5)30)26(43)37-22(12-38)28(45)35-20(10-17-11-31-13-32-17)27(44)36-21(29(46)47)9-15(3)4/h11,13-16,18-22,38H,6-10,12,30H2,1-5H3,(H,31,32)(H,33,41)(H,34,42)(H,35,45)(H,36,44)(H,37,43)(H,39,40)(H,46,47)/t16-,18-,19-,20-,21-,22-/m0/s1. The number of carbonyl (C=O) groups is 7. The van der Waals surface area contributed by atoms with Crippen LogP contribution in [0.15, 0.2) is 12.5 Å². The maximum atomic E-state index is 13.3. The van der Waals surface area contributed by atoms with Crippen molar-refractivity contribution >= 4 is 41.5 Å². The molecular weight excluding hydrogens is 620 g/mol. The highest BCUT2D eigenvalue weighted by molar-refractivity contribution is 5.96. The van der Waals surface area contributed by atoms with Crippen molar-refractivity contribution in [2.24, 2.45) is 17.6 Å². The fourth-order valence-corrected chi connectivity index (χ4v) is 4.34. The highest BCUT2D eigenvalue weighted by Crippen LogP contribution is 2.09. The molecule has 18 heteroatoms. The molecule has 1 rings (SSSR count). The number of hydrogen-bond acceptors (Lipinski definition) is 10. The maximum Gasteiger partial charge on any atom is 0.326 e. The molecule has 264 valence electrons. The SMILES string of the molecule is CC(C)C[C@H](NC(=O)[C@H](Cc1cnc[nH]1)NC(=O)[C@H](CO)NC(=O)[C@H](CC(C)C)NC(=O)[C@H](CCC(=O)O)NC(=O)[C@H](C)N)C(=O)O. The van der Waals surface area contributed by atoms with E-state index in [0.29, 0.717) is 5.69 Å². The lowest BCUT2D eigenvalue weighted by molar-refractivity contribution is -0.143. The van der Waals surface area contributed by atoms with Crippen molar-refractivity contribution in [1.82, 2.24) is 36.6 Å². The van der Waals surface area contributed by atoms with E-state index in [1.54, 1.807) is 27.7 Å². The number of carboxylic acid groups (broad SMARTS) is 2. The molecule has 0 unspecified atom stereocenters. The van der Waals surface area contributed by atoms with Gasteiger partial charge in [0.1, 0.15) is 30.2 Å². The van der Waals surface area contributed by atoms with Crippen LogP contribution in [0.25, 0.3) is 0 Å². The number of H-pyrrole nitrogens is 1. The molecule has 47 heavy (non-hydrogen) atoms. The Morgan fingerprint density at radius 1 is 0.723 bits per heavy atom. The molecule has 0 aromatic carbocycles. The van der Waals surface area contributed by atoms with Gasteiger partial charge in [-0.1, -0.05) is 27.7 Å². The van der Waals surface area contributed by atoms with Crippen LogP contribution in [-0.2, 0) is 40.0 Å². The summed E-state index contributed by atoms with van der Waals surface area (Å²) in [6.07, 6.45) is 2.03. The molecule has 0 radical (unpaired) electrons. The van der Waals surface area contributed by atoms with Crippen molar-refractivity contribution < 1.29 is 48.9 Å². The fraction of sp³-hybridized carbons (Fsp3) is 0.655. The first-order valence-electron chi connectivity index (χ1n) is 15.2. The van der Waals surface area contributed by atoms with E-state index in [2.05, 4.69) is 36.6 Å². The summed E-state index contributed by atoms with van der Waals surface area (Å²) in [6, 6.07) is -7.79. The Morgan fingerprint density at radius 3 is 1.68 bits per heavy atom. The molecule has 1 aromatic heterocycles. The number of aliphatic carboxylic acids is 2. The molecule has 0 saturated heterocycles. The minimum Gasteiger partial charge on any atom is -0.481 e. The van der Waals surface area contributed by atoms with Gasteiger partial charge in [-0.05, 0) is 38.0 Å². The molecule has 0 bridgehead atoms. The van der Waals surface area contributed by atoms with Crippen LogP contribution < -0.4 is 32.3 Å². The topological polar surface area (TPSA) is 295 Å². The number of nitrogens with zero attached hydrogens (tertiary/aromatic N) is 1. The maximum absolute atomic E-state index is 13.3. The Morgan fingerprint density at radius 2 is 1.19 bits per heavy atom. The van der Waals surface area contributed by atoms with Gasteiger partial charge in [0.15, 0.2) is 0 Å². The van der Waals surface area contributed by atoms with E-state index in [4.69, 9.17) is 10.8 Å². The van der Waals surface area contributed by atoms with Crippen molar-refractivity contribution in [1.29, 1.82) is 0 Å². The van der Waals surface area contributed by atoms with Crippen LogP contribution in [0.2, 0.25) is 0 Å². The van der Waals surface area contributed by atoms with Gasteiger partial charge in [0.2, 0.25) is 29.5 Å². The van der Waals surface area contributed by atoms with Crippen LogP contribution in [0.4, 0.5) is 0 Å². The Labute approximate surface area is 272 Å². The molecule has 11 N–H and O–H groups in total. The Balaban J connectivity index is 3.15. The molecule has 1 aromatic rings. The lowest BCUT2D eigenvalue weighted by atomic mass is 10.0. The Bertz CT molecular complexity index is 1220. The van der Waals surface area contributed by atoms with E-state index in [0.717, 1.165) is 0 Å². The van der Waals surface area contributed by atoms with E-state index in [1.807, 2.05) is 0 Å². The number of amides is 5. The molecule has 1 heterocycles. The van der Waals surface area contributed by atoms with Crippen LogP contribution in [0.5, 0.6) is 0 Å². The number of rotatable bonds is 21. The average Bonchev–Trinajstić information content (AvgIpc) is 3.48. The number of imidazole rings is 1. The van der Waals surface area contributed by atoms with E-state index in [1.165, 1.54) is 19.4 Å². The second-order valence-corrected chi connectivity index (χ2v) is 12.1. The largest absolute Gasteiger partial charge is 0.481 e. The lowest BCUT2D eigenvalue weighted by Gasteiger charge is -2.27. The summed E-state index contributed by atoms with van der Waals surface area (Å²) < 4.78 is 0. The van der Waals surface area contributed by atoms with Crippen molar-refractivity contribution in [3.05, 3.63) is 18.2 Å². The first-order chi connectivity index (χ1) is 21.9. The lowest BCUT2D eigenvalue weighted by Crippen LogP contribution is -2.60. The van der Waals surface area contributed by atoms with Crippen molar-refractivity contribution in [2.75, 3.05) is 6.61 Å². The average molecular weight is 669 g/mol. The van der Waals surface area contributed by atoms with Gasteiger partial charge in [-0.15, -0.1) is 0 Å². The quantitative estimate of drug-likeness (QED) is 0.0665. The third-order valence-corrected chi connectivity index (χ3v) is 6.78. The summed E-state index contributed by atoms with van der Waals surface area (Å²) in [5.74, 6) is -6.98. The van der Waals surface area contributed by atoms with Crippen molar-refractivity contribution in [3.8, 4) is 0 Å². The van der Waals surface area contributed by atoms with Gasteiger partial charge >= 0.3 is 11.9 Å². The summed E-state index contributed by atoms with van der Waals surface area (Å²) in [4.78, 5) is 94.5. The first kappa shape index (κ1) is 40.4. The Kier molecular flexibility index (Phi) is 17.1. The second kappa shape index (κ2) is 19.8. The molecule has 6 atom stereocenters. The Hall–Kier alpha value is -4.58. The van der Waals surface area contributed by atoms with Gasteiger partial charge in [0, 0.05) is 24.7 Å². The summed E-state index contributed by atoms with van der Waals surface area (Å²) in [7, 11) is 0. The first-order valence-corrected chi connectivity index (χ1v) is 15.2. The minimum atomic E-state index is -1.60. The third kappa shape index (κ3) is 15.0. The number of aromatic amines is 1. The van der Waals surface area contributed by atoms with E-state index in [-0.39, 0.29) is 37.5 Å². The highest BCUT2D eigenvalue weighted by Gasteiger charge is 2.33. The predicted octanol–water partition coefficient (Wildman–Crippen LogP) is -2.24. The number of aliphatic hydroxyl groups is 1. The van der Waals surface area contributed by atoms with Crippen LogP contribution >= 0.6 is 0 Å². The molecule has 18 nitrogen and oxygen atoms in total. The van der Waals surface area contributed by atoms with Crippen molar-refractivity contribution in [2.45, 2.75) is 103 Å². The van der Waals surface area contributed by atoms with Crippen molar-refractivity contribution in [3.63, 3.8) is 0 Å². The number of nitrogens with one attached hydrogen (secondary N) is 6. The summed E-state index contributed by atoms with van der Waals surface area (Å²) in [5, 5.41) is 40.7. The smallest absolute Gasteiger partial charge is 0.326 e. The van der Waals surface area contributed by atoms with Gasteiger partial charge in [0.05, 0.1) is 19.0 Å². The van der Waals surface area contributed by atoms with Crippen LogP contribution in [-0.4, -0.2) is 110 Å². The monoisotopic (exact) mass is 668 g/mol. The number of nitrogens with two attached hydrogens (primary N) is 1. The zero-order chi connectivity index (χ0) is 35.8. The molecule has 0 fully saturated rings. The second-order valence-electron chi connectivity index (χ2n) is 12.1. The highest BCUT2D eigenvalue weighted by atomic mass is 16.4. The number of aromatic nitrogens is 2. The number of carboxylic acids is 2. The zero-order valence-corrected chi connectivity index (χ0v) is 27.2. The van der Waals surface area contributed by atoms with Gasteiger partial charge in [-0.3, -0.25) is 28.8 Å². The number of aliphatic hydroxyl groups excluding tert-OH is 1. The van der Waals surface area contributed by atoms with E-state index < -0.39 is 90.8 Å². The normalized spacial score (nSPS) is 15.0. The minimum absolute atomic E-state index is 0.0571. The molecule has 0 aliphatic rings. The molecule has 0 aliphatic carbocycles. The molecule has 0 spiro atoms. The molecule has 0 saturated carbocycles. The van der Waals surface area contributed by atoms with E-state index in [9.17, 15) is 43.8 Å². The zero-order valence-electron chi connectivity index (χ0n) is 27.2. The van der Waals surface area contributed by atoms with Gasteiger partial charge in [-0.2, -0.15) is 0 Å². The van der Waals surface area contributed by atoms with E-state index >= 15 is 0 Å². The summed E-state index contributed by atoms with van der Waals surface area (Å²) in [6.45, 7) is 7.53. The predicted molar refractivity (Wildman–Crippen MR) is 166 cm³/mol. The van der Waals surface area contributed by atoms with Crippen LogP contribution in [0, 0.1) is 11.8 Å².